The Morgan fingerprint density at radius 1 is 1.38 bits per heavy atom. The SMILES string of the molecule is CN(Cc1ccccc1[N+](=O)[O-])C(=O)C1(C)CCNCC1. The van der Waals surface area contributed by atoms with Crippen molar-refractivity contribution in [2.24, 2.45) is 5.41 Å². The van der Waals surface area contributed by atoms with Gasteiger partial charge in [0.25, 0.3) is 5.69 Å². The first-order valence-corrected chi connectivity index (χ1v) is 7.13. The van der Waals surface area contributed by atoms with Gasteiger partial charge in [-0.15, -0.1) is 0 Å². The number of hydrogen-bond acceptors (Lipinski definition) is 4. The molecule has 1 aromatic rings. The van der Waals surface area contributed by atoms with E-state index in [2.05, 4.69) is 5.32 Å². The lowest BCUT2D eigenvalue weighted by Gasteiger charge is -2.36. The van der Waals surface area contributed by atoms with Crippen LogP contribution in [-0.2, 0) is 11.3 Å². The average Bonchev–Trinajstić information content (AvgIpc) is 2.47. The first kappa shape index (κ1) is 15.4. The molecular weight excluding hydrogens is 270 g/mol. The molecule has 1 saturated heterocycles. The van der Waals surface area contributed by atoms with Crippen molar-refractivity contribution < 1.29 is 9.72 Å². The van der Waals surface area contributed by atoms with Crippen molar-refractivity contribution in [2.45, 2.75) is 26.3 Å². The first-order chi connectivity index (χ1) is 9.94. The maximum atomic E-state index is 12.6. The van der Waals surface area contributed by atoms with Crippen LogP contribution in [-0.4, -0.2) is 35.9 Å². The molecule has 1 aliphatic rings. The Kier molecular flexibility index (Phi) is 4.57. The number of carbonyl (C=O) groups is 1. The van der Waals surface area contributed by atoms with Crippen LogP contribution >= 0.6 is 0 Å². The number of nitro groups is 1. The predicted octanol–water partition coefficient (Wildman–Crippen LogP) is 1.94. The Morgan fingerprint density at radius 2 is 2.00 bits per heavy atom. The van der Waals surface area contributed by atoms with Gasteiger partial charge in [-0.1, -0.05) is 25.1 Å². The van der Waals surface area contributed by atoms with Crippen molar-refractivity contribution in [2.75, 3.05) is 20.1 Å². The van der Waals surface area contributed by atoms with E-state index in [0.717, 1.165) is 25.9 Å². The van der Waals surface area contributed by atoms with Gasteiger partial charge in [0.1, 0.15) is 0 Å². The summed E-state index contributed by atoms with van der Waals surface area (Å²) in [5.41, 5.74) is 0.257. The highest BCUT2D eigenvalue weighted by molar-refractivity contribution is 5.82. The van der Waals surface area contributed by atoms with Crippen LogP contribution in [0.4, 0.5) is 5.69 Å². The van der Waals surface area contributed by atoms with E-state index in [1.807, 2.05) is 6.92 Å². The van der Waals surface area contributed by atoms with Crippen molar-refractivity contribution in [3.8, 4) is 0 Å². The van der Waals surface area contributed by atoms with E-state index in [-0.39, 0.29) is 23.6 Å². The zero-order valence-corrected chi connectivity index (χ0v) is 12.5. The fourth-order valence-corrected chi connectivity index (χ4v) is 2.80. The molecule has 1 heterocycles. The lowest BCUT2D eigenvalue weighted by atomic mass is 9.79. The van der Waals surface area contributed by atoms with Crippen LogP contribution < -0.4 is 5.32 Å². The van der Waals surface area contributed by atoms with E-state index in [9.17, 15) is 14.9 Å². The fraction of sp³-hybridized carbons (Fsp3) is 0.533. The summed E-state index contributed by atoms with van der Waals surface area (Å²) in [6.45, 7) is 3.91. The number of carbonyl (C=O) groups excluding carboxylic acids is 1. The van der Waals surface area contributed by atoms with Crippen molar-refractivity contribution in [3.63, 3.8) is 0 Å². The number of nitro benzene ring substituents is 1. The molecule has 0 aliphatic carbocycles. The van der Waals surface area contributed by atoms with E-state index in [0.29, 0.717) is 5.56 Å². The highest BCUT2D eigenvalue weighted by Gasteiger charge is 2.36. The summed E-state index contributed by atoms with van der Waals surface area (Å²) in [5, 5.41) is 14.3. The number of piperidine rings is 1. The van der Waals surface area contributed by atoms with Crippen LogP contribution in [0.3, 0.4) is 0 Å². The first-order valence-electron chi connectivity index (χ1n) is 7.13. The summed E-state index contributed by atoms with van der Waals surface area (Å²) in [5.74, 6) is 0.0575. The van der Waals surface area contributed by atoms with Crippen LogP contribution in [0.15, 0.2) is 24.3 Å². The number of rotatable bonds is 4. The lowest BCUT2D eigenvalue weighted by Crippen LogP contribution is -2.46. The third-order valence-electron chi connectivity index (χ3n) is 4.17. The Morgan fingerprint density at radius 3 is 2.62 bits per heavy atom. The number of amides is 1. The smallest absolute Gasteiger partial charge is 0.274 e. The van der Waals surface area contributed by atoms with Gasteiger partial charge >= 0.3 is 0 Å². The Hall–Kier alpha value is -1.95. The third kappa shape index (κ3) is 3.39. The molecule has 21 heavy (non-hydrogen) atoms. The number of nitrogens with zero attached hydrogens (tertiary/aromatic N) is 2. The fourth-order valence-electron chi connectivity index (χ4n) is 2.80. The van der Waals surface area contributed by atoms with Gasteiger partial charge in [0.15, 0.2) is 0 Å². The molecule has 0 radical (unpaired) electrons. The van der Waals surface area contributed by atoms with E-state index in [1.165, 1.54) is 6.07 Å². The molecule has 1 fully saturated rings. The Labute approximate surface area is 124 Å². The minimum atomic E-state index is -0.403. The van der Waals surface area contributed by atoms with Crippen LogP contribution in [0.2, 0.25) is 0 Å². The summed E-state index contributed by atoms with van der Waals surface area (Å²) in [6, 6.07) is 6.57. The molecule has 0 spiro atoms. The summed E-state index contributed by atoms with van der Waals surface area (Å²) in [4.78, 5) is 24.9. The minimum Gasteiger partial charge on any atom is -0.341 e. The molecule has 1 amide bonds. The molecule has 2 rings (SSSR count). The van der Waals surface area contributed by atoms with E-state index in [1.54, 1.807) is 30.1 Å². The lowest BCUT2D eigenvalue weighted by molar-refractivity contribution is -0.385. The highest BCUT2D eigenvalue weighted by Crippen LogP contribution is 2.31. The van der Waals surface area contributed by atoms with Gasteiger partial charge < -0.3 is 10.2 Å². The molecule has 6 heteroatoms. The van der Waals surface area contributed by atoms with Gasteiger partial charge in [-0.25, -0.2) is 0 Å². The van der Waals surface area contributed by atoms with Crippen LogP contribution in [0.1, 0.15) is 25.3 Å². The van der Waals surface area contributed by atoms with E-state index in [4.69, 9.17) is 0 Å². The second kappa shape index (κ2) is 6.22. The second-order valence-corrected chi connectivity index (χ2v) is 5.86. The standard InChI is InChI=1S/C15H21N3O3/c1-15(7-9-16-10-8-15)14(19)17(2)11-12-5-3-4-6-13(12)18(20)21/h3-6,16H,7-11H2,1-2H3. The van der Waals surface area contributed by atoms with Crippen molar-refractivity contribution in [1.82, 2.24) is 10.2 Å². The van der Waals surface area contributed by atoms with Gasteiger partial charge in [0.05, 0.1) is 11.5 Å². The van der Waals surface area contributed by atoms with Gasteiger partial charge in [0.2, 0.25) is 5.91 Å². The normalized spacial score (nSPS) is 17.2. The molecule has 114 valence electrons. The molecular formula is C15H21N3O3. The van der Waals surface area contributed by atoms with Gasteiger partial charge in [-0.3, -0.25) is 14.9 Å². The summed E-state index contributed by atoms with van der Waals surface area (Å²) in [7, 11) is 1.71. The van der Waals surface area contributed by atoms with Crippen LogP contribution in [0.5, 0.6) is 0 Å². The van der Waals surface area contributed by atoms with Crippen molar-refractivity contribution >= 4 is 11.6 Å². The summed E-state index contributed by atoms with van der Waals surface area (Å²) in [6.07, 6.45) is 1.60. The molecule has 1 N–H and O–H groups in total. The zero-order chi connectivity index (χ0) is 15.5. The van der Waals surface area contributed by atoms with Gasteiger partial charge in [-0.2, -0.15) is 0 Å². The molecule has 0 saturated carbocycles. The van der Waals surface area contributed by atoms with Gasteiger partial charge in [0, 0.05) is 24.1 Å². The third-order valence-corrected chi connectivity index (χ3v) is 4.17. The van der Waals surface area contributed by atoms with Crippen LogP contribution in [0, 0.1) is 15.5 Å². The number of para-hydroxylation sites is 1. The minimum absolute atomic E-state index is 0.0575. The molecule has 0 aromatic heterocycles. The molecule has 0 unspecified atom stereocenters. The molecule has 1 aromatic carbocycles. The number of hydrogen-bond donors (Lipinski definition) is 1. The highest BCUT2D eigenvalue weighted by atomic mass is 16.6. The quantitative estimate of drug-likeness (QED) is 0.679. The number of benzene rings is 1. The summed E-state index contributed by atoms with van der Waals surface area (Å²) >= 11 is 0. The van der Waals surface area contributed by atoms with E-state index >= 15 is 0 Å². The van der Waals surface area contributed by atoms with Crippen LogP contribution in [0.25, 0.3) is 0 Å². The van der Waals surface area contributed by atoms with Gasteiger partial charge in [-0.05, 0) is 25.9 Å². The van der Waals surface area contributed by atoms with Crippen molar-refractivity contribution in [1.29, 1.82) is 0 Å². The maximum absolute atomic E-state index is 12.6. The predicted molar refractivity (Wildman–Crippen MR) is 79.8 cm³/mol. The number of nitrogens with one attached hydrogen (secondary N) is 1. The Balaban J connectivity index is 2.12. The molecule has 1 aliphatic heterocycles. The molecule has 6 nitrogen and oxygen atoms in total. The second-order valence-electron chi connectivity index (χ2n) is 5.86. The van der Waals surface area contributed by atoms with E-state index < -0.39 is 4.92 Å². The largest absolute Gasteiger partial charge is 0.341 e. The molecule has 0 atom stereocenters. The zero-order valence-electron chi connectivity index (χ0n) is 12.5. The monoisotopic (exact) mass is 291 g/mol. The molecule has 0 bridgehead atoms. The summed E-state index contributed by atoms with van der Waals surface area (Å²) < 4.78 is 0. The Bertz CT molecular complexity index is 539. The average molecular weight is 291 g/mol. The topological polar surface area (TPSA) is 75.5 Å². The maximum Gasteiger partial charge on any atom is 0.274 e. The van der Waals surface area contributed by atoms with Crippen molar-refractivity contribution in [3.05, 3.63) is 39.9 Å².